The van der Waals surface area contributed by atoms with Crippen molar-refractivity contribution in [1.82, 2.24) is 15.1 Å². The van der Waals surface area contributed by atoms with Crippen molar-refractivity contribution < 1.29 is 9.59 Å². The molecule has 1 aliphatic rings. The van der Waals surface area contributed by atoms with Crippen molar-refractivity contribution in [2.24, 2.45) is 0 Å². The van der Waals surface area contributed by atoms with Crippen LogP contribution in [-0.2, 0) is 6.54 Å². The number of hydrogen-bond acceptors (Lipinski definition) is 4. The molecular weight excluding hydrogens is 378 g/mol. The molecule has 30 heavy (non-hydrogen) atoms. The fraction of sp³-hybridized carbons (Fsp3) is 0.348. The molecule has 0 bridgehead atoms. The number of aryl methyl sites for hydroxylation is 1. The summed E-state index contributed by atoms with van der Waals surface area (Å²) in [5.74, 6) is -0.149. The Morgan fingerprint density at radius 1 is 1.07 bits per heavy atom. The highest BCUT2D eigenvalue weighted by Crippen LogP contribution is 2.18. The van der Waals surface area contributed by atoms with E-state index in [2.05, 4.69) is 21.6 Å². The van der Waals surface area contributed by atoms with Gasteiger partial charge < -0.3 is 15.5 Å². The van der Waals surface area contributed by atoms with Crippen LogP contribution in [0.3, 0.4) is 0 Å². The summed E-state index contributed by atoms with van der Waals surface area (Å²) in [6.45, 7) is 7.98. The van der Waals surface area contributed by atoms with Crippen LogP contribution in [0.4, 0.5) is 10.5 Å². The predicted molar refractivity (Wildman–Crippen MR) is 116 cm³/mol. The molecule has 0 saturated carbocycles. The largest absolute Gasteiger partial charge is 0.352 e. The quantitative estimate of drug-likeness (QED) is 0.800. The third-order valence-electron chi connectivity index (χ3n) is 5.23. The molecule has 3 amide bonds. The summed E-state index contributed by atoms with van der Waals surface area (Å²) in [6, 6.07) is 14.9. The molecule has 2 aromatic rings. The van der Waals surface area contributed by atoms with Gasteiger partial charge >= 0.3 is 6.03 Å². The van der Waals surface area contributed by atoms with Gasteiger partial charge in [0.15, 0.2) is 0 Å². The van der Waals surface area contributed by atoms with E-state index in [1.165, 1.54) is 0 Å². The first kappa shape index (κ1) is 21.3. The standard InChI is InChI=1S/C23H27N5O2/c1-3-25-22(29)20-9-4-17(2)21(14-20)26-23(30)28-12-10-27(11-13-28)16-19-7-5-18(15-24)6-8-19/h4-9,14H,3,10-13,16H2,1-2H3,(H,25,29)(H,26,30). The molecule has 7 nitrogen and oxygen atoms in total. The van der Waals surface area contributed by atoms with E-state index in [1.807, 2.05) is 44.2 Å². The minimum absolute atomic E-state index is 0.149. The summed E-state index contributed by atoms with van der Waals surface area (Å²) < 4.78 is 0. The third-order valence-corrected chi connectivity index (χ3v) is 5.23. The second-order valence-corrected chi connectivity index (χ2v) is 7.39. The maximum Gasteiger partial charge on any atom is 0.321 e. The van der Waals surface area contributed by atoms with Gasteiger partial charge in [-0.15, -0.1) is 0 Å². The van der Waals surface area contributed by atoms with Gasteiger partial charge in [0.05, 0.1) is 11.6 Å². The van der Waals surface area contributed by atoms with Gasteiger partial charge in [-0.1, -0.05) is 18.2 Å². The zero-order chi connectivity index (χ0) is 21.5. The number of nitrogens with zero attached hydrogens (tertiary/aromatic N) is 3. The minimum atomic E-state index is -0.149. The first-order valence-corrected chi connectivity index (χ1v) is 10.2. The van der Waals surface area contributed by atoms with Crippen molar-refractivity contribution in [3.63, 3.8) is 0 Å². The highest BCUT2D eigenvalue weighted by Gasteiger charge is 2.22. The van der Waals surface area contributed by atoms with Crippen molar-refractivity contribution in [1.29, 1.82) is 5.26 Å². The Morgan fingerprint density at radius 3 is 2.40 bits per heavy atom. The molecule has 3 rings (SSSR count). The number of nitrogens with one attached hydrogen (secondary N) is 2. The van der Waals surface area contributed by atoms with Crippen LogP contribution in [0.2, 0.25) is 0 Å². The Hall–Kier alpha value is -3.37. The van der Waals surface area contributed by atoms with Gasteiger partial charge in [-0.2, -0.15) is 5.26 Å². The average Bonchev–Trinajstić information content (AvgIpc) is 2.76. The number of hydrogen-bond donors (Lipinski definition) is 2. The topological polar surface area (TPSA) is 88.5 Å². The van der Waals surface area contributed by atoms with Crippen LogP contribution in [0.5, 0.6) is 0 Å². The Bertz CT molecular complexity index is 941. The Morgan fingerprint density at radius 2 is 1.77 bits per heavy atom. The van der Waals surface area contributed by atoms with Crippen molar-refractivity contribution in [3.8, 4) is 6.07 Å². The van der Waals surface area contributed by atoms with E-state index in [1.54, 1.807) is 17.0 Å². The van der Waals surface area contributed by atoms with Crippen LogP contribution in [0, 0.1) is 18.3 Å². The molecule has 0 radical (unpaired) electrons. The van der Waals surface area contributed by atoms with E-state index >= 15 is 0 Å². The molecule has 156 valence electrons. The molecule has 0 atom stereocenters. The lowest BCUT2D eigenvalue weighted by Gasteiger charge is -2.34. The molecule has 1 aliphatic heterocycles. The molecule has 0 aliphatic carbocycles. The van der Waals surface area contributed by atoms with E-state index in [9.17, 15) is 9.59 Å². The molecule has 2 N–H and O–H groups in total. The maximum absolute atomic E-state index is 12.7. The number of piperazine rings is 1. The lowest BCUT2D eigenvalue weighted by molar-refractivity contribution is 0.0955. The molecule has 0 aromatic heterocycles. The second-order valence-electron chi connectivity index (χ2n) is 7.39. The number of nitriles is 1. The number of carbonyl (C=O) groups is 2. The van der Waals surface area contributed by atoms with E-state index in [-0.39, 0.29) is 11.9 Å². The number of carbonyl (C=O) groups excluding carboxylic acids is 2. The van der Waals surface area contributed by atoms with Gasteiger partial charge in [-0.3, -0.25) is 9.69 Å². The average molecular weight is 406 g/mol. The van der Waals surface area contributed by atoms with Crippen LogP contribution in [-0.4, -0.2) is 54.5 Å². The first-order valence-electron chi connectivity index (χ1n) is 10.2. The predicted octanol–water partition coefficient (Wildman–Crippen LogP) is 2.97. The Balaban J connectivity index is 1.54. The van der Waals surface area contributed by atoms with Crippen LogP contribution in [0.1, 0.15) is 34.0 Å². The fourth-order valence-electron chi connectivity index (χ4n) is 3.41. The molecular formula is C23H27N5O2. The SMILES string of the molecule is CCNC(=O)c1ccc(C)c(NC(=O)N2CCN(Cc3ccc(C#N)cc3)CC2)c1. The van der Waals surface area contributed by atoms with Crippen molar-refractivity contribution in [2.45, 2.75) is 20.4 Å². The summed E-state index contributed by atoms with van der Waals surface area (Å²) in [5, 5.41) is 14.6. The number of rotatable bonds is 5. The van der Waals surface area contributed by atoms with Crippen molar-refractivity contribution >= 4 is 17.6 Å². The number of anilines is 1. The van der Waals surface area contributed by atoms with Crippen LogP contribution >= 0.6 is 0 Å². The number of urea groups is 1. The van der Waals surface area contributed by atoms with Gasteiger partial charge in [0.1, 0.15) is 0 Å². The van der Waals surface area contributed by atoms with Crippen LogP contribution in [0.25, 0.3) is 0 Å². The van der Waals surface area contributed by atoms with E-state index in [0.717, 1.165) is 30.8 Å². The molecule has 0 unspecified atom stereocenters. The lowest BCUT2D eigenvalue weighted by Crippen LogP contribution is -2.49. The molecule has 1 heterocycles. The minimum Gasteiger partial charge on any atom is -0.352 e. The van der Waals surface area contributed by atoms with E-state index < -0.39 is 0 Å². The van der Waals surface area contributed by atoms with E-state index in [4.69, 9.17) is 5.26 Å². The third kappa shape index (κ3) is 5.37. The zero-order valence-electron chi connectivity index (χ0n) is 17.4. The van der Waals surface area contributed by atoms with Crippen LogP contribution < -0.4 is 10.6 Å². The van der Waals surface area contributed by atoms with E-state index in [0.29, 0.717) is 36.4 Å². The lowest BCUT2D eigenvalue weighted by atomic mass is 10.1. The van der Waals surface area contributed by atoms with Gasteiger partial charge in [-0.25, -0.2) is 4.79 Å². The van der Waals surface area contributed by atoms with Gasteiger partial charge in [0.2, 0.25) is 0 Å². The normalized spacial score (nSPS) is 14.1. The number of benzene rings is 2. The maximum atomic E-state index is 12.7. The van der Waals surface area contributed by atoms with Crippen LogP contribution in [0.15, 0.2) is 42.5 Å². The highest BCUT2D eigenvalue weighted by molar-refractivity contribution is 5.97. The van der Waals surface area contributed by atoms with Gasteiger partial charge in [0.25, 0.3) is 5.91 Å². The van der Waals surface area contributed by atoms with Gasteiger partial charge in [-0.05, 0) is 49.2 Å². The summed E-state index contributed by atoms with van der Waals surface area (Å²) in [4.78, 5) is 28.9. The molecule has 1 fully saturated rings. The van der Waals surface area contributed by atoms with Crippen molar-refractivity contribution in [2.75, 3.05) is 38.0 Å². The Labute approximate surface area is 177 Å². The highest BCUT2D eigenvalue weighted by atomic mass is 16.2. The smallest absolute Gasteiger partial charge is 0.321 e. The fourth-order valence-corrected chi connectivity index (χ4v) is 3.41. The molecule has 1 saturated heterocycles. The molecule has 0 spiro atoms. The molecule has 2 aromatic carbocycles. The summed E-state index contributed by atoms with van der Waals surface area (Å²) in [5.41, 5.74) is 3.92. The summed E-state index contributed by atoms with van der Waals surface area (Å²) in [7, 11) is 0. The molecule has 7 heteroatoms. The first-order chi connectivity index (χ1) is 14.5. The monoisotopic (exact) mass is 405 g/mol. The second kappa shape index (κ2) is 9.90. The summed E-state index contributed by atoms with van der Waals surface area (Å²) in [6.07, 6.45) is 0. The Kier molecular flexibility index (Phi) is 7.04. The zero-order valence-corrected chi connectivity index (χ0v) is 17.4. The van der Waals surface area contributed by atoms with Gasteiger partial charge in [0, 0.05) is 50.5 Å². The summed E-state index contributed by atoms with van der Waals surface area (Å²) >= 11 is 0. The number of amides is 3. The van der Waals surface area contributed by atoms with Crippen molar-refractivity contribution in [3.05, 3.63) is 64.7 Å².